The summed E-state index contributed by atoms with van der Waals surface area (Å²) in [5.41, 5.74) is 4.29. The Morgan fingerprint density at radius 2 is 1.75 bits per heavy atom. The van der Waals surface area contributed by atoms with Crippen molar-refractivity contribution in [2.75, 3.05) is 37.6 Å². The number of hydrogen-bond acceptors (Lipinski definition) is 7. The zero-order chi connectivity index (χ0) is 33.7. The van der Waals surface area contributed by atoms with Crippen molar-refractivity contribution in [3.8, 4) is 11.5 Å². The van der Waals surface area contributed by atoms with Crippen molar-refractivity contribution in [1.29, 1.82) is 0 Å². The van der Waals surface area contributed by atoms with E-state index < -0.39 is 22.4 Å². The number of allylic oxidation sites excluding steroid dienone is 2. The monoisotopic (exact) mass is 675 g/mol. The van der Waals surface area contributed by atoms with E-state index in [1.807, 2.05) is 6.07 Å². The highest BCUT2D eigenvalue weighted by Crippen LogP contribution is 2.33. The molecule has 1 aliphatic heterocycles. The minimum absolute atomic E-state index is 0.00647. The van der Waals surface area contributed by atoms with Crippen LogP contribution in [0, 0.1) is 0 Å². The molecule has 0 atom stereocenters. The molecule has 1 amide bonds. The lowest BCUT2D eigenvalue weighted by Gasteiger charge is -2.37. The van der Waals surface area contributed by atoms with Gasteiger partial charge in [0.05, 0.1) is 16.7 Å². The number of pyridine rings is 1. The van der Waals surface area contributed by atoms with Gasteiger partial charge < -0.3 is 14.6 Å². The number of hydrogen-bond donors (Lipinski definition) is 2. The zero-order valence-corrected chi connectivity index (χ0v) is 27.4. The smallest absolute Gasteiger partial charge is 0.268 e. The summed E-state index contributed by atoms with van der Waals surface area (Å²) in [6, 6.07) is 16.5. The van der Waals surface area contributed by atoms with E-state index in [1.54, 1.807) is 54.9 Å². The quantitative estimate of drug-likeness (QED) is 0.155. The number of carbonyl (C=O) groups excluding carboxylic acids is 1. The summed E-state index contributed by atoms with van der Waals surface area (Å²) < 4.78 is 60.4. The van der Waals surface area contributed by atoms with Crippen LogP contribution in [0.4, 0.5) is 14.5 Å². The summed E-state index contributed by atoms with van der Waals surface area (Å²) in [6.07, 6.45) is 6.02. The highest BCUT2D eigenvalue weighted by molar-refractivity contribution is 7.90. The average molecular weight is 676 g/mol. The number of nitrogens with one attached hydrogen (secondary N) is 2. The molecule has 1 aliphatic carbocycles. The molecule has 0 unspecified atom stereocenters. The fraction of sp³-hybridized carbons (Fsp3) is 0.333. The standard InChI is InChI=1S/C36H39F2N5O4S/c1-25(34(37)38)11-12-26-7-5-6-8-28(26)24-42-17-19-43(20-18-42)29-13-14-32(36(44)41-48(45,46)31-9-3-2-4-10-31)33(22-29)47-30-21-27-15-16-39-35(27)40-23-30/h2-4,9-10,13-16,21-23,34H,1,5-8,11-12,17-20,24H2,(H,39,40)(H,41,44). The van der Waals surface area contributed by atoms with Crippen LogP contribution in [-0.4, -0.2) is 68.3 Å². The number of anilines is 1. The maximum absolute atomic E-state index is 13.4. The van der Waals surface area contributed by atoms with E-state index >= 15 is 0 Å². The summed E-state index contributed by atoms with van der Waals surface area (Å²) in [5.74, 6) is -0.206. The first-order valence-electron chi connectivity index (χ1n) is 16.2. The van der Waals surface area contributed by atoms with E-state index in [9.17, 15) is 22.0 Å². The molecule has 3 heterocycles. The van der Waals surface area contributed by atoms with Gasteiger partial charge in [-0.1, -0.05) is 35.9 Å². The molecule has 0 bridgehead atoms. The van der Waals surface area contributed by atoms with Crippen LogP contribution in [0.25, 0.3) is 11.0 Å². The van der Waals surface area contributed by atoms with Gasteiger partial charge in [0.15, 0.2) is 0 Å². The van der Waals surface area contributed by atoms with Gasteiger partial charge in [-0.25, -0.2) is 26.9 Å². The Kier molecular flexibility index (Phi) is 10.2. The molecule has 2 aromatic carbocycles. The molecule has 2 aliphatic rings. The summed E-state index contributed by atoms with van der Waals surface area (Å²) in [7, 11) is -4.11. The van der Waals surface area contributed by atoms with Crippen LogP contribution in [0.3, 0.4) is 0 Å². The molecule has 1 saturated heterocycles. The number of ether oxygens (including phenoxy) is 1. The Morgan fingerprint density at radius 1 is 1.00 bits per heavy atom. The van der Waals surface area contributed by atoms with E-state index in [2.05, 4.69) is 31.1 Å². The number of nitrogens with zero attached hydrogens (tertiary/aromatic N) is 3. The van der Waals surface area contributed by atoms with Crippen LogP contribution in [0.2, 0.25) is 0 Å². The highest BCUT2D eigenvalue weighted by atomic mass is 32.2. The molecule has 0 spiro atoms. The Labute approximate surface area is 279 Å². The van der Waals surface area contributed by atoms with Gasteiger partial charge in [0.25, 0.3) is 22.4 Å². The minimum atomic E-state index is -4.11. The first-order valence-corrected chi connectivity index (χ1v) is 17.6. The van der Waals surface area contributed by atoms with Gasteiger partial charge in [-0.3, -0.25) is 9.69 Å². The molecule has 2 N–H and O–H groups in total. The van der Waals surface area contributed by atoms with Crippen molar-refractivity contribution in [1.82, 2.24) is 19.6 Å². The van der Waals surface area contributed by atoms with Crippen molar-refractivity contribution in [2.45, 2.75) is 49.8 Å². The molecule has 0 saturated carbocycles. The first-order chi connectivity index (χ1) is 23.2. The van der Waals surface area contributed by atoms with Gasteiger partial charge in [-0.2, -0.15) is 0 Å². The summed E-state index contributed by atoms with van der Waals surface area (Å²) in [4.78, 5) is 25.4. The Balaban J connectivity index is 1.18. The number of halogens is 2. The van der Waals surface area contributed by atoms with Crippen LogP contribution in [0.5, 0.6) is 11.5 Å². The third-order valence-corrected chi connectivity index (χ3v) is 10.4. The number of carbonyl (C=O) groups is 1. The number of aromatic nitrogens is 2. The van der Waals surface area contributed by atoms with Crippen LogP contribution in [-0.2, 0) is 10.0 Å². The fourth-order valence-electron chi connectivity index (χ4n) is 6.30. The van der Waals surface area contributed by atoms with Gasteiger partial charge in [0, 0.05) is 56.1 Å². The normalized spacial score (nSPS) is 16.0. The number of fused-ring (bicyclic) bond motifs is 1. The molecule has 12 heteroatoms. The number of aromatic amines is 1. The molecule has 9 nitrogen and oxygen atoms in total. The van der Waals surface area contributed by atoms with Crippen molar-refractivity contribution in [3.63, 3.8) is 0 Å². The lowest BCUT2D eigenvalue weighted by atomic mass is 9.88. The van der Waals surface area contributed by atoms with E-state index in [-0.39, 0.29) is 21.8 Å². The molecular weight excluding hydrogens is 636 g/mol. The predicted molar refractivity (Wildman–Crippen MR) is 182 cm³/mol. The molecule has 48 heavy (non-hydrogen) atoms. The number of sulfonamides is 1. The molecule has 4 aromatic rings. The van der Waals surface area contributed by atoms with E-state index in [0.29, 0.717) is 24.2 Å². The second-order valence-electron chi connectivity index (χ2n) is 12.3. The third kappa shape index (κ3) is 7.94. The van der Waals surface area contributed by atoms with Crippen LogP contribution in [0.1, 0.15) is 48.9 Å². The molecule has 0 radical (unpaired) electrons. The number of benzene rings is 2. The number of H-pyrrole nitrogens is 1. The molecule has 252 valence electrons. The fourth-order valence-corrected chi connectivity index (χ4v) is 7.28. The van der Waals surface area contributed by atoms with Crippen LogP contribution in [0.15, 0.2) is 101 Å². The van der Waals surface area contributed by atoms with Crippen molar-refractivity contribution < 1.29 is 26.7 Å². The van der Waals surface area contributed by atoms with Gasteiger partial charge in [-0.15, -0.1) is 0 Å². The summed E-state index contributed by atoms with van der Waals surface area (Å²) in [6.45, 7) is 7.46. The van der Waals surface area contributed by atoms with Gasteiger partial charge in [0.1, 0.15) is 17.1 Å². The first kappa shape index (κ1) is 33.4. The number of amides is 1. The second-order valence-corrected chi connectivity index (χ2v) is 13.9. The second kappa shape index (κ2) is 14.7. The molecular formula is C36H39F2N5O4S. The van der Waals surface area contributed by atoms with Crippen molar-refractivity contribution in [2.24, 2.45) is 0 Å². The lowest BCUT2D eigenvalue weighted by molar-refractivity contribution is 0.0979. The average Bonchev–Trinajstić information content (AvgIpc) is 3.56. The summed E-state index contributed by atoms with van der Waals surface area (Å²) in [5, 5.41) is 0.827. The van der Waals surface area contributed by atoms with Crippen LogP contribution < -0.4 is 14.4 Å². The Bertz CT molecular complexity index is 1920. The SMILES string of the molecule is C=C(CCC1=C(CN2CCN(c3ccc(C(=O)NS(=O)(=O)c4ccccc4)c(Oc4cnc5[nH]ccc5c4)c3)CC2)CCCC1)C(F)F. The number of piperazine rings is 1. The van der Waals surface area contributed by atoms with E-state index in [0.717, 1.165) is 69.5 Å². The van der Waals surface area contributed by atoms with Crippen molar-refractivity contribution in [3.05, 3.63) is 102 Å². The van der Waals surface area contributed by atoms with E-state index in [4.69, 9.17) is 4.74 Å². The Morgan fingerprint density at radius 3 is 2.50 bits per heavy atom. The third-order valence-electron chi connectivity index (χ3n) is 9.01. The maximum Gasteiger partial charge on any atom is 0.268 e. The molecule has 2 aromatic heterocycles. The Hall–Kier alpha value is -4.55. The van der Waals surface area contributed by atoms with Crippen LogP contribution >= 0.6 is 0 Å². The van der Waals surface area contributed by atoms with Gasteiger partial charge in [0.2, 0.25) is 0 Å². The van der Waals surface area contributed by atoms with Crippen molar-refractivity contribution >= 4 is 32.7 Å². The topological polar surface area (TPSA) is 108 Å². The largest absolute Gasteiger partial charge is 0.455 e. The molecule has 6 rings (SSSR count). The van der Waals surface area contributed by atoms with Gasteiger partial charge >= 0.3 is 0 Å². The summed E-state index contributed by atoms with van der Waals surface area (Å²) >= 11 is 0. The zero-order valence-electron chi connectivity index (χ0n) is 26.6. The maximum atomic E-state index is 13.4. The van der Waals surface area contributed by atoms with Gasteiger partial charge in [-0.05, 0) is 80.5 Å². The number of alkyl halides is 2. The highest BCUT2D eigenvalue weighted by Gasteiger charge is 2.25. The number of rotatable bonds is 12. The predicted octanol–water partition coefficient (Wildman–Crippen LogP) is 7.07. The lowest BCUT2D eigenvalue weighted by Crippen LogP contribution is -2.47. The van der Waals surface area contributed by atoms with E-state index in [1.165, 1.54) is 23.3 Å². The molecule has 1 fully saturated rings. The minimum Gasteiger partial charge on any atom is -0.455 e.